The summed E-state index contributed by atoms with van der Waals surface area (Å²) < 4.78 is 0. The van der Waals surface area contributed by atoms with Crippen LogP contribution in [0.3, 0.4) is 0 Å². The second-order valence-electron chi connectivity index (χ2n) is 4.95. The molecule has 0 spiro atoms. The largest absolute Gasteiger partial charge is 0.399 e. The van der Waals surface area contributed by atoms with Crippen molar-refractivity contribution < 1.29 is 4.79 Å². The van der Waals surface area contributed by atoms with E-state index in [-0.39, 0.29) is 5.91 Å². The first-order valence-corrected chi connectivity index (χ1v) is 7.11. The van der Waals surface area contributed by atoms with E-state index < -0.39 is 0 Å². The van der Waals surface area contributed by atoms with Crippen molar-refractivity contribution in [2.75, 3.05) is 36.8 Å². The molecule has 2 N–H and O–H groups in total. The summed E-state index contributed by atoms with van der Waals surface area (Å²) in [5.74, 6) is 0.0826. The summed E-state index contributed by atoms with van der Waals surface area (Å²) >= 11 is 0. The van der Waals surface area contributed by atoms with E-state index in [1.165, 1.54) is 12.8 Å². The molecule has 1 aliphatic heterocycles. The van der Waals surface area contributed by atoms with Crippen molar-refractivity contribution >= 4 is 17.3 Å². The van der Waals surface area contributed by atoms with Gasteiger partial charge in [-0.25, -0.2) is 0 Å². The molecular formula is C15H23N3O. The number of anilines is 2. The van der Waals surface area contributed by atoms with E-state index in [9.17, 15) is 4.79 Å². The molecule has 0 atom stereocenters. The van der Waals surface area contributed by atoms with Crippen LogP contribution in [0.2, 0.25) is 0 Å². The van der Waals surface area contributed by atoms with E-state index in [0.29, 0.717) is 5.69 Å². The van der Waals surface area contributed by atoms with Gasteiger partial charge in [0.15, 0.2) is 0 Å². The van der Waals surface area contributed by atoms with Crippen molar-refractivity contribution in [1.82, 2.24) is 4.90 Å². The number of carbonyl (C=O) groups excluding carboxylic acids is 1. The van der Waals surface area contributed by atoms with Gasteiger partial charge in [0, 0.05) is 37.6 Å². The monoisotopic (exact) mass is 261 g/mol. The second kappa shape index (κ2) is 5.95. The third-order valence-corrected chi connectivity index (χ3v) is 3.75. The van der Waals surface area contributed by atoms with E-state index in [4.69, 9.17) is 5.73 Å². The van der Waals surface area contributed by atoms with Crippen LogP contribution in [-0.2, 0) is 0 Å². The summed E-state index contributed by atoms with van der Waals surface area (Å²) in [5, 5.41) is 0. The summed E-state index contributed by atoms with van der Waals surface area (Å²) in [7, 11) is 0. The smallest absolute Gasteiger partial charge is 0.256 e. The zero-order valence-corrected chi connectivity index (χ0v) is 11.9. The first-order valence-electron chi connectivity index (χ1n) is 7.11. The summed E-state index contributed by atoms with van der Waals surface area (Å²) in [4.78, 5) is 16.7. The third-order valence-electron chi connectivity index (χ3n) is 3.75. The number of nitrogen functional groups attached to an aromatic ring is 1. The van der Waals surface area contributed by atoms with Crippen LogP contribution < -0.4 is 10.6 Å². The lowest BCUT2D eigenvalue weighted by Gasteiger charge is -2.25. The Morgan fingerprint density at radius 1 is 1.26 bits per heavy atom. The number of benzene rings is 1. The van der Waals surface area contributed by atoms with Crippen LogP contribution >= 0.6 is 0 Å². The lowest BCUT2D eigenvalue weighted by Crippen LogP contribution is -2.32. The van der Waals surface area contributed by atoms with Gasteiger partial charge in [0.2, 0.25) is 0 Å². The molecule has 0 bridgehead atoms. The summed E-state index contributed by atoms with van der Waals surface area (Å²) in [6, 6.07) is 5.68. The molecule has 0 radical (unpaired) electrons. The average molecular weight is 261 g/mol. The van der Waals surface area contributed by atoms with Crippen LogP contribution in [-0.4, -0.2) is 37.0 Å². The Morgan fingerprint density at radius 3 is 2.47 bits per heavy atom. The SMILES string of the molecule is CCN(CC)C(=O)c1cc(N)ccc1N1CCCC1. The standard InChI is InChI=1S/C15H23N3O/c1-3-17(4-2)15(19)13-11-12(16)7-8-14(13)18-9-5-6-10-18/h7-8,11H,3-6,9-10,16H2,1-2H3. The minimum Gasteiger partial charge on any atom is -0.399 e. The maximum absolute atomic E-state index is 12.6. The predicted octanol–water partition coefficient (Wildman–Crippen LogP) is 2.35. The van der Waals surface area contributed by atoms with E-state index >= 15 is 0 Å². The number of hydrogen-bond donors (Lipinski definition) is 1. The van der Waals surface area contributed by atoms with Gasteiger partial charge in [-0.1, -0.05) is 0 Å². The van der Waals surface area contributed by atoms with E-state index in [1.807, 2.05) is 36.9 Å². The Labute approximate surface area is 115 Å². The summed E-state index contributed by atoms with van der Waals surface area (Å²) in [6.07, 6.45) is 2.40. The molecule has 19 heavy (non-hydrogen) atoms. The van der Waals surface area contributed by atoms with E-state index in [2.05, 4.69) is 4.90 Å². The first kappa shape index (κ1) is 13.7. The van der Waals surface area contributed by atoms with Crippen LogP contribution in [0.1, 0.15) is 37.0 Å². The van der Waals surface area contributed by atoms with Gasteiger partial charge >= 0.3 is 0 Å². The number of carbonyl (C=O) groups is 1. The highest BCUT2D eigenvalue weighted by Crippen LogP contribution is 2.27. The molecule has 104 valence electrons. The molecule has 4 nitrogen and oxygen atoms in total. The molecule has 1 aliphatic rings. The molecule has 0 aromatic heterocycles. The van der Waals surface area contributed by atoms with Gasteiger partial charge in [0.1, 0.15) is 0 Å². The van der Waals surface area contributed by atoms with Gasteiger partial charge in [-0.2, -0.15) is 0 Å². The Morgan fingerprint density at radius 2 is 1.89 bits per heavy atom. The predicted molar refractivity (Wildman–Crippen MR) is 79.6 cm³/mol. The molecule has 1 aromatic carbocycles. The fraction of sp³-hybridized carbons (Fsp3) is 0.533. The van der Waals surface area contributed by atoms with Crippen molar-refractivity contribution in [2.45, 2.75) is 26.7 Å². The lowest BCUT2D eigenvalue weighted by atomic mass is 10.1. The van der Waals surface area contributed by atoms with Crippen LogP contribution in [0.15, 0.2) is 18.2 Å². The van der Waals surface area contributed by atoms with Crippen LogP contribution in [0, 0.1) is 0 Å². The molecule has 0 saturated carbocycles. The maximum Gasteiger partial charge on any atom is 0.256 e. The normalized spacial score (nSPS) is 14.7. The number of nitrogens with two attached hydrogens (primary N) is 1. The molecular weight excluding hydrogens is 238 g/mol. The Kier molecular flexibility index (Phi) is 4.30. The van der Waals surface area contributed by atoms with Gasteiger partial charge in [0.25, 0.3) is 5.91 Å². The second-order valence-corrected chi connectivity index (χ2v) is 4.95. The fourth-order valence-electron chi connectivity index (χ4n) is 2.64. The average Bonchev–Trinajstić information content (AvgIpc) is 2.93. The minimum atomic E-state index is 0.0826. The molecule has 0 aliphatic carbocycles. The van der Waals surface area contributed by atoms with Crippen molar-refractivity contribution in [3.63, 3.8) is 0 Å². The fourth-order valence-corrected chi connectivity index (χ4v) is 2.64. The summed E-state index contributed by atoms with van der Waals surface area (Å²) in [5.41, 5.74) is 8.28. The molecule has 4 heteroatoms. The first-order chi connectivity index (χ1) is 9.17. The van der Waals surface area contributed by atoms with Gasteiger partial charge in [0.05, 0.1) is 5.56 Å². The molecule has 1 fully saturated rings. The van der Waals surface area contributed by atoms with Gasteiger partial charge < -0.3 is 15.5 Å². The van der Waals surface area contributed by atoms with Crippen molar-refractivity contribution in [1.29, 1.82) is 0 Å². The molecule has 1 heterocycles. The number of amides is 1. The molecule has 1 amide bonds. The molecule has 2 rings (SSSR count). The van der Waals surface area contributed by atoms with Crippen molar-refractivity contribution in [2.24, 2.45) is 0 Å². The third kappa shape index (κ3) is 2.83. The van der Waals surface area contributed by atoms with Gasteiger partial charge in [-0.15, -0.1) is 0 Å². The van der Waals surface area contributed by atoms with Crippen LogP contribution in [0.4, 0.5) is 11.4 Å². The quantitative estimate of drug-likeness (QED) is 0.846. The Bertz CT molecular complexity index is 449. The van der Waals surface area contributed by atoms with Crippen molar-refractivity contribution in [3.05, 3.63) is 23.8 Å². The maximum atomic E-state index is 12.6. The highest BCUT2D eigenvalue weighted by atomic mass is 16.2. The zero-order valence-electron chi connectivity index (χ0n) is 11.9. The molecule has 1 saturated heterocycles. The highest BCUT2D eigenvalue weighted by Gasteiger charge is 2.22. The number of rotatable bonds is 4. The Balaban J connectivity index is 2.36. The number of hydrogen-bond acceptors (Lipinski definition) is 3. The number of nitrogens with zero attached hydrogens (tertiary/aromatic N) is 2. The van der Waals surface area contributed by atoms with E-state index in [1.54, 1.807) is 0 Å². The highest BCUT2D eigenvalue weighted by molar-refractivity contribution is 6.00. The minimum absolute atomic E-state index is 0.0826. The Hall–Kier alpha value is -1.71. The van der Waals surface area contributed by atoms with Crippen LogP contribution in [0.5, 0.6) is 0 Å². The zero-order chi connectivity index (χ0) is 13.8. The lowest BCUT2D eigenvalue weighted by molar-refractivity contribution is 0.0773. The molecule has 0 unspecified atom stereocenters. The molecule has 1 aromatic rings. The summed E-state index contributed by atoms with van der Waals surface area (Å²) in [6.45, 7) is 7.52. The van der Waals surface area contributed by atoms with E-state index in [0.717, 1.165) is 37.4 Å². The van der Waals surface area contributed by atoms with Crippen LogP contribution in [0.25, 0.3) is 0 Å². The topological polar surface area (TPSA) is 49.6 Å². The van der Waals surface area contributed by atoms with Gasteiger partial charge in [-0.05, 0) is 44.9 Å². The van der Waals surface area contributed by atoms with Gasteiger partial charge in [-0.3, -0.25) is 4.79 Å². The van der Waals surface area contributed by atoms with Crippen molar-refractivity contribution in [3.8, 4) is 0 Å².